The van der Waals surface area contributed by atoms with Crippen molar-refractivity contribution in [3.05, 3.63) is 71.0 Å². The molecule has 4 nitrogen and oxygen atoms in total. The largest absolute Gasteiger partial charge is 0.461 e. The summed E-state index contributed by atoms with van der Waals surface area (Å²) in [6.45, 7) is 6.95. The molecule has 2 aliphatic heterocycles. The lowest BCUT2D eigenvalue weighted by Gasteiger charge is -2.36. The van der Waals surface area contributed by atoms with Crippen LogP contribution in [0, 0.1) is 12.8 Å². The van der Waals surface area contributed by atoms with Crippen LogP contribution in [0.5, 0.6) is 0 Å². The Hall–Kier alpha value is -2.59. The number of hydrogen-bond donors (Lipinski definition) is 0. The molecule has 4 heteroatoms. The zero-order chi connectivity index (χ0) is 19.8. The van der Waals surface area contributed by atoms with Crippen molar-refractivity contribution in [2.75, 3.05) is 26.2 Å². The van der Waals surface area contributed by atoms with Gasteiger partial charge in [-0.2, -0.15) is 0 Å². The van der Waals surface area contributed by atoms with E-state index in [1.807, 2.05) is 35.2 Å². The Kier molecular flexibility index (Phi) is 4.88. The van der Waals surface area contributed by atoms with Crippen LogP contribution in [0.2, 0.25) is 0 Å². The van der Waals surface area contributed by atoms with E-state index >= 15 is 0 Å². The predicted octanol–water partition coefficient (Wildman–Crippen LogP) is 4.65. The second kappa shape index (κ2) is 7.68. The Bertz CT molecular complexity index is 1010. The standard InChI is InChI=1S/C25H28N2O2/c1-18-6-8-20(9-7-18)25(28)27-14-10-19(11-15-27)16-26-13-12-24-22(17-26)21-4-2-3-5-23(21)29-24/h2-9,19H,10-17H2,1H3. The minimum Gasteiger partial charge on any atom is -0.461 e. The molecule has 0 atom stereocenters. The number of benzene rings is 2. The first-order valence-corrected chi connectivity index (χ1v) is 10.7. The minimum absolute atomic E-state index is 0.177. The number of piperidine rings is 1. The van der Waals surface area contributed by atoms with Crippen molar-refractivity contribution in [3.63, 3.8) is 0 Å². The molecule has 2 aromatic carbocycles. The number of aryl methyl sites for hydroxylation is 1. The zero-order valence-corrected chi connectivity index (χ0v) is 17.1. The van der Waals surface area contributed by atoms with Crippen LogP contribution in [-0.4, -0.2) is 41.9 Å². The molecule has 1 fully saturated rings. The molecule has 3 heterocycles. The Morgan fingerprint density at radius 2 is 1.79 bits per heavy atom. The number of likely N-dealkylation sites (tertiary alicyclic amines) is 1. The number of rotatable bonds is 3. The summed E-state index contributed by atoms with van der Waals surface area (Å²) >= 11 is 0. The summed E-state index contributed by atoms with van der Waals surface area (Å²) < 4.78 is 6.05. The molecule has 29 heavy (non-hydrogen) atoms. The van der Waals surface area contributed by atoms with Crippen molar-refractivity contribution in [2.24, 2.45) is 5.92 Å². The van der Waals surface area contributed by atoms with E-state index in [4.69, 9.17) is 4.42 Å². The maximum absolute atomic E-state index is 12.7. The fourth-order valence-corrected chi connectivity index (χ4v) is 4.81. The number of hydrogen-bond acceptors (Lipinski definition) is 3. The highest BCUT2D eigenvalue weighted by molar-refractivity contribution is 5.94. The molecule has 1 aromatic heterocycles. The highest BCUT2D eigenvalue weighted by atomic mass is 16.3. The van der Waals surface area contributed by atoms with Gasteiger partial charge in [-0.05, 0) is 43.9 Å². The first kappa shape index (κ1) is 18.4. The first-order chi connectivity index (χ1) is 14.2. The number of para-hydroxylation sites is 1. The smallest absolute Gasteiger partial charge is 0.253 e. The molecule has 0 aliphatic carbocycles. The van der Waals surface area contributed by atoms with Crippen molar-refractivity contribution >= 4 is 16.9 Å². The average Bonchev–Trinajstić information content (AvgIpc) is 3.12. The molecular weight excluding hydrogens is 360 g/mol. The maximum Gasteiger partial charge on any atom is 0.253 e. The van der Waals surface area contributed by atoms with Gasteiger partial charge in [-0.3, -0.25) is 9.69 Å². The van der Waals surface area contributed by atoms with E-state index in [1.54, 1.807) is 0 Å². The minimum atomic E-state index is 0.177. The number of nitrogens with zero attached hydrogens (tertiary/aromatic N) is 2. The van der Waals surface area contributed by atoms with Crippen molar-refractivity contribution in [1.82, 2.24) is 9.80 Å². The van der Waals surface area contributed by atoms with Gasteiger partial charge in [0.1, 0.15) is 11.3 Å². The van der Waals surface area contributed by atoms with Gasteiger partial charge < -0.3 is 9.32 Å². The molecule has 0 bridgehead atoms. The Labute approximate surface area is 172 Å². The summed E-state index contributed by atoms with van der Waals surface area (Å²) in [6, 6.07) is 16.3. The molecule has 1 saturated heterocycles. The third-order valence-electron chi connectivity index (χ3n) is 6.54. The van der Waals surface area contributed by atoms with E-state index in [2.05, 4.69) is 30.0 Å². The van der Waals surface area contributed by atoms with Crippen LogP contribution in [0.25, 0.3) is 11.0 Å². The number of fused-ring (bicyclic) bond motifs is 3. The van der Waals surface area contributed by atoms with E-state index in [1.165, 1.54) is 22.3 Å². The van der Waals surface area contributed by atoms with Gasteiger partial charge in [-0.1, -0.05) is 35.9 Å². The highest BCUT2D eigenvalue weighted by Crippen LogP contribution is 2.31. The zero-order valence-electron chi connectivity index (χ0n) is 17.1. The average molecular weight is 389 g/mol. The van der Waals surface area contributed by atoms with E-state index in [-0.39, 0.29) is 5.91 Å². The van der Waals surface area contributed by atoms with Crippen LogP contribution in [0.1, 0.15) is 40.1 Å². The number of furan rings is 1. The third kappa shape index (κ3) is 3.69. The van der Waals surface area contributed by atoms with Gasteiger partial charge in [0.05, 0.1) is 0 Å². The third-order valence-corrected chi connectivity index (χ3v) is 6.54. The summed E-state index contributed by atoms with van der Waals surface area (Å²) in [4.78, 5) is 17.3. The fraction of sp³-hybridized carbons (Fsp3) is 0.400. The van der Waals surface area contributed by atoms with E-state index < -0.39 is 0 Å². The van der Waals surface area contributed by atoms with Crippen LogP contribution in [-0.2, 0) is 13.0 Å². The molecule has 0 N–H and O–H groups in total. The first-order valence-electron chi connectivity index (χ1n) is 10.7. The molecule has 1 amide bonds. The van der Waals surface area contributed by atoms with Crippen molar-refractivity contribution < 1.29 is 9.21 Å². The quantitative estimate of drug-likeness (QED) is 0.655. The predicted molar refractivity (Wildman–Crippen MR) is 115 cm³/mol. The lowest BCUT2D eigenvalue weighted by atomic mass is 9.94. The molecule has 0 spiro atoms. The Morgan fingerprint density at radius 3 is 2.59 bits per heavy atom. The monoisotopic (exact) mass is 388 g/mol. The van der Waals surface area contributed by atoms with Crippen LogP contribution >= 0.6 is 0 Å². The van der Waals surface area contributed by atoms with Gasteiger partial charge in [-0.15, -0.1) is 0 Å². The van der Waals surface area contributed by atoms with Crippen molar-refractivity contribution in [3.8, 4) is 0 Å². The van der Waals surface area contributed by atoms with Gasteiger partial charge >= 0.3 is 0 Å². The molecule has 0 unspecified atom stereocenters. The summed E-state index contributed by atoms with van der Waals surface area (Å²) in [5, 5.41) is 1.27. The SMILES string of the molecule is Cc1ccc(C(=O)N2CCC(CN3CCc4oc5ccccc5c4C3)CC2)cc1. The summed E-state index contributed by atoms with van der Waals surface area (Å²) in [7, 11) is 0. The molecule has 0 saturated carbocycles. The van der Waals surface area contributed by atoms with Crippen LogP contribution in [0.4, 0.5) is 0 Å². The number of carbonyl (C=O) groups excluding carboxylic acids is 1. The lowest BCUT2D eigenvalue weighted by molar-refractivity contribution is 0.0662. The Balaban J connectivity index is 1.18. The highest BCUT2D eigenvalue weighted by Gasteiger charge is 2.28. The lowest BCUT2D eigenvalue weighted by Crippen LogP contribution is -2.42. The van der Waals surface area contributed by atoms with E-state index in [0.717, 1.165) is 63.1 Å². The summed E-state index contributed by atoms with van der Waals surface area (Å²) in [5.41, 5.74) is 4.39. The van der Waals surface area contributed by atoms with Crippen molar-refractivity contribution in [2.45, 2.75) is 32.7 Å². The normalized spacial score (nSPS) is 18.2. The summed E-state index contributed by atoms with van der Waals surface area (Å²) in [6.07, 6.45) is 3.18. The van der Waals surface area contributed by atoms with Crippen molar-refractivity contribution in [1.29, 1.82) is 0 Å². The van der Waals surface area contributed by atoms with Gasteiger partial charge in [0, 0.05) is 55.7 Å². The molecule has 5 rings (SSSR count). The maximum atomic E-state index is 12.7. The molecule has 0 radical (unpaired) electrons. The molecule has 2 aliphatic rings. The number of amides is 1. The molecule has 150 valence electrons. The van der Waals surface area contributed by atoms with Crippen LogP contribution < -0.4 is 0 Å². The van der Waals surface area contributed by atoms with Gasteiger partial charge in [0.25, 0.3) is 5.91 Å². The van der Waals surface area contributed by atoms with Gasteiger partial charge in [0.2, 0.25) is 0 Å². The van der Waals surface area contributed by atoms with E-state index in [9.17, 15) is 4.79 Å². The fourth-order valence-electron chi connectivity index (χ4n) is 4.81. The van der Waals surface area contributed by atoms with E-state index in [0.29, 0.717) is 5.92 Å². The van der Waals surface area contributed by atoms with Crippen LogP contribution in [0.15, 0.2) is 52.9 Å². The van der Waals surface area contributed by atoms with Gasteiger partial charge in [0.15, 0.2) is 0 Å². The van der Waals surface area contributed by atoms with Gasteiger partial charge in [-0.25, -0.2) is 0 Å². The summed E-state index contributed by atoms with van der Waals surface area (Å²) in [5.74, 6) is 2.01. The second-order valence-corrected chi connectivity index (χ2v) is 8.59. The second-order valence-electron chi connectivity index (χ2n) is 8.59. The molecule has 3 aromatic rings. The van der Waals surface area contributed by atoms with Crippen LogP contribution in [0.3, 0.4) is 0 Å². The number of carbonyl (C=O) groups is 1. The topological polar surface area (TPSA) is 36.7 Å². The Morgan fingerprint density at radius 1 is 1.03 bits per heavy atom. The molecular formula is C25H28N2O2.